The van der Waals surface area contributed by atoms with Gasteiger partial charge in [0.2, 0.25) is 5.60 Å². The van der Waals surface area contributed by atoms with Crippen molar-refractivity contribution in [3.05, 3.63) is 23.5 Å². The lowest BCUT2D eigenvalue weighted by Crippen LogP contribution is -2.49. The Morgan fingerprint density at radius 2 is 1.93 bits per heavy atom. The first-order chi connectivity index (χ1) is 20.5. The number of amides is 1. The molecule has 14 heteroatoms. The summed E-state index contributed by atoms with van der Waals surface area (Å²) in [6, 6.07) is 3.71. The molecule has 1 saturated carbocycles. The molecule has 44 heavy (non-hydrogen) atoms. The lowest BCUT2D eigenvalue weighted by atomic mass is 9.87. The molecular formula is C30H44N6O8. The highest BCUT2D eigenvalue weighted by Crippen LogP contribution is 2.41. The molecule has 3 rings (SSSR count). The fourth-order valence-corrected chi connectivity index (χ4v) is 5.12. The number of rotatable bonds is 10. The van der Waals surface area contributed by atoms with E-state index in [2.05, 4.69) is 15.3 Å². The summed E-state index contributed by atoms with van der Waals surface area (Å²) in [4.78, 5) is 44.8. The molecule has 2 aliphatic rings. The number of ether oxygens (including phenoxy) is 3. The Morgan fingerprint density at radius 3 is 2.50 bits per heavy atom. The summed E-state index contributed by atoms with van der Waals surface area (Å²) in [5.41, 5.74) is 1.66. The summed E-state index contributed by atoms with van der Waals surface area (Å²) >= 11 is 0. The van der Waals surface area contributed by atoms with Gasteiger partial charge >= 0.3 is 11.9 Å². The van der Waals surface area contributed by atoms with Gasteiger partial charge in [-0.1, -0.05) is 40.0 Å². The number of nitriles is 1. The lowest BCUT2D eigenvalue weighted by Gasteiger charge is -2.29. The molecular weight excluding hydrogens is 572 g/mol. The van der Waals surface area contributed by atoms with Gasteiger partial charge in [0, 0.05) is 6.42 Å². The van der Waals surface area contributed by atoms with Crippen LogP contribution >= 0.6 is 0 Å². The summed E-state index contributed by atoms with van der Waals surface area (Å²) in [5.74, 6) is -2.03. The predicted molar refractivity (Wildman–Crippen MR) is 158 cm³/mol. The van der Waals surface area contributed by atoms with Crippen LogP contribution < -0.4 is 11.1 Å². The van der Waals surface area contributed by atoms with Crippen LogP contribution in [-0.4, -0.2) is 81.8 Å². The Balaban J connectivity index is 1.90. The number of hydrogen-bond donors (Lipinski definition) is 6. The molecule has 14 nitrogen and oxygen atoms in total. The third kappa shape index (κ3) is 8.09. The number of hydrogen-bond acceptors (Lipinski definition) is 11. The molecule has 5 atom stereocenters. The minimum Gasteiger partial charge on any atom is -0.463 e. The molecule has 2 heterocycles. The number of aliphatic hydroxyl groups is 2. The second-order valence-corrected chi connectivity index (χ2v) is 13.0. The summed E-state index contributed by atoms with van der Waals surface area (Å²) < 4.78 is 17.2. The van der Waals surface area contributed by atoms with Crippen molar-refractivity contribution in [1.82, 2.24) is 10.3 Å². The van der Waals surface area contributed by atoms with Gasteiger partial charge in [-0.2, -0.15) is 5.26 Å². The molecule has 1 saturated heterocycles. The first-order valence-electron chi connectivity index (χ1n) is 14.7. The predicted octanol–water partition coefficient (Wildman–Crippen LogP) is 1.53. The number of aliphatic imine (C=N–C) groups is 1. The van der Waals surface area contributed by atoms with Gasteiger partial charge in [0.05, 0.1) is 11.4 Å². The summed E-state index contributed by atoms with van der Waals surface area (Å²) in [5, 5.41) is 41.6. The molecule has 1 aliphatic carbocycles. The smallest absolute Gasteiger partial charge is 0.323 e. The maximum absolute atomic E-state index is 13.0. The van der Waals surface area contributed by atoms with Gasteiger partial charge in [-0.05, 0) is 50.2 Å². The fraction of sp³-hybridized carbons (Fsp3) is 0.667. The van der Waals surface area contributed by atoms with Crippen LogP contribution in [0.2, 0.25) is 0 Å². The Morgan fingerprint density at radius 1 is 1.27 bits per heavy atom. The van der Waals surface area contributed by atoms with Crippen LogP contribution in [0.15, 0.2) is 17.1 Å². The zero-order chi connectivity index (χ0) is 32.9. The fourth-order valence-electron chi connectivity index (χ4n) is 5.12. The van der Waals surface area contributed by atoms with Gasteiger partial charge < -0.3 is 40.5 Å². The third-order valence-electron chi connectivity index (χ3n) is 7.95. The number of nitrogens with zero attached hydrogens (tertiary/aromatic N) is 2. The molecule has 242 valence electrons. The van der Waals surface area contributed by atoms with Gasteiger partial charge in [0.15, 0.2) is 11.9 Å². The average Bonchev–Trinajstić information content (AvgIpc) is 3.55. The number of carbonyl (C=O) groups is 3. The Labute approximate surface area is 256 Å². The molecule has 1 aliphatic heterocycles. The number of nitrogens with one attached hydrogen (secondary N) is 3. The number of amidine groups is 1. The quantitative estimate of drug-likeness (QED) is 0.126. The topological polar surface area (TPSA) is 233 Å². The van der Waals surface area contributed by atoms with E-state index in [4.69, 9.17) is 25.4 Å². The van der Waals surface area contributed by atoms with E-state index < -0.39 is 65.4 Å². The number of aliphatic hydroxyl groups excluding tert-OH is 1. The Bertz CT molecular complexity index is 1280. The molecule has 0 radical (unpaired) electrons. The third-order valence-corrected chi connectivity index (χ3v) is 7.95. The lowest BCUT2D eigenvalue weighted by molar-refractivity contribution is -0.163. The van der Waals surface area contributed by atoms with Crippen LogP contribution in [0.3, 0.4) is 0 Å². The average molecular weight is 617 g/mol. The van der Waals surface area contributed by atoms with Crippen molar-refractivity contribution in [2.75, 3.05) is 6.61 Å². The van der Waals surface area contributed by atoms with Crippen molar-refractivity contribution in [3.63, 3.8) is 0 Å². The highest BCUT2D eigenvalue weighted by Gasteiger charge is 2.59. The molecule has 1 amide bonds. The molecule has 0 bridgehead atoms. The molecule has 7 N–H and O–H groups in total. The maximum atomic E-state index is 13.0. The van der Waals surface area contributed by atoms with E-state index in [1.54, 1.807) is 20.8 Å². The number of H-pyrrole nitrogens is 1. The second kappa shape index (κ2) is 14.0. The van der Waals surface area contributed by atoms with Gasteiger partial charge in [0.1, 0.15) is 42.9 Å². The van der Waals surface area contributed by atoms with Gasteiger partial charge in [-0.15, -0.1) is 0 Å². The minimum atomic E-state index is -2.13. The molecule has 0 spiro atoms. The van der Waals surface area contributed by atoms with E-state index in [9.17, 15) is 29.9 Å². The number of carbonyl (C=O) groups excluding carboxylic acids is 3. The zero-order valence-electron chi connectivity index (χ0n) is 25.9. The minimum absolute atomic E-state index is 0.00916. The maximum Gasteiger partial charge on any atom is 0.323 e. The van der Waals surface area contributed by atoms with E-state index in [0.29, 0.717) is 6.34 Å². The Hall–Kier alpha value is -3.64. The van der Waals surface area contributed by atoms with Gasteiger partial charge in [-0.3, -0.25) is 19.8 Å². The van der Waals surface area contributed by atoms with Crippen molar-refractivity contribution in [3.8, 4) is 6.07 Å². The first-order valence-corrected chi connectivity index (χ1v) is 14.7. The monoisotopic (exact) mass is 616 g/mol. The van der Waals surface area contributed by atoms with Gasteiger partial charge in [0.25, 0.3) is 5.91 Å². The highest BCUT2D eigenvalue weighted by atomic mass is 16.6. The van der Waals surface area contributed by atoms with Crippen LogP contribution in [0.25, 0.3) is 0 Å². The largest absolute Gasteiger partial charge is 0.463 e. The van der Waals surface area contributed by atoms with Crippen molar-refractivity contribution in [1.29, 1.82) is 10.7 Å². The van der Waals surface area contributed by atoms with E-state index >= 15 is 0 Å². The number of aromatic amines is 1. The van der Waals surface area contributed by atoms with Crippen molar-refractivity contribution in [2.45, 2.75) is 109 Å². The van der Waals surface area contributed by atoms with Crippen molar-refractivity contribution >= 4 is 30.0 Å². The van der Waals surface area contributed by atoms with Crippen LogP contribution in [-0.2, 0) is 34.2 Å². The number of esters is 2. The molecule has 2 fully saturated rings. The van der Waals surface area contributed by atoms with Crippen molar-refractivity contribution in [2.24, 2.45) is 22.1 Å². The number of aromatic nitrogens is 1. The second-order valence-electron chi connectivity index (χ2n) is 13.0. The summed E-state index contributed by atoms with van der Waals surface area (Å²) in [7, 11) is 0. The molecule has 0 unspecified atom stereocenters. The molecule has 1 aromatic rings. The molecule has 0 aromatic carbocycles. The Kier molecular flexibility index (Phi) is 11.1. The highest BCUT2D eigenvalue weighted by molar-refractivity contribution is 6.10. The summed E-state index contributed by atoms with van der Waals surface area (Å²) in [6.45, 7) is 7.38. The summed E-state index contributed by atoms with van der Waals surface area (Å²) in [6.07, 6.45) is 1.59. The van der Waals surface area contributed by atoms with E-state index in [1.165, 1.54) is 26.0 Å². The number of nitrogens with two attached hydrogens (primary N) is 1. The zero-order valence-corrected chi connectivity index (χ0v) is 25.9. The van der Waals surface area contributed by atoms with Gasteiger partial charge in [-0.25, -0.2) is 4.99 Å². The SMILES string of the molecule is CC(C)(O)C(=O)NC(=NC=N)c1ccc([C@]2(C#N)O[C@H](COC(=O)CC3CCCCC3)[C@@H](OC(=O)[C@H](N)C(C)(C)C)[C@H]2O)[nH]1. The van der Waals surface area contributed by atoms with E-state index in [0.717, 1.165) is 32.1 Å². The van der Waals surface area contributed by atoms with E-state index in [-0.39, 0.29) is 29.6 Å². The van der Waals surface area contributed by atoms with Crippen LogP contribution in [0.5, 0.6) is 0 Å². The standard InChI is InChI=1S/C30H44N6O8/c1-28(2,3)23(33)26(39)43-22-19(14-42-21(37)13-17-9-7-6-8-10-17)44-30(15-31,24(22)38)20-12-11-18(35-20)25(34-16-32)36-27(40)29(4,5)41/h11-12,16-17,19,22-24,35,38,41H,6-10,13-14,33H2,1-5H3,(H2,32,34,36,40)/t19-,22-,23+,24-,30+/m1/s1. The van der Waals surface area contributed by atoms with Crippen LogP contribution in [0.4, 0.5) is 0 Å². The van der Waals surface area contributed by atoms with Crippen molar-refractivity contribution < 1.29 is 38.8 Å². The normalized spacial score (nSPS) is 25.5. The molecule has 1 aromatic heterocycles. The van der Waals surface area contributed by atoms with Crippen LogP contribution in [0.1, 0.15) is 84.5 Å². The van der Waals surface area contributed by atoms with Crippen LogP contribution in [0, 0.1) is 28.1 Å². The first kappa shape index (κ1) is 34.8. The van der Waals surface area contributed by atoms with E-state index in [1.807, 2.05) is 6.07 Å².